The van der Waals surface area contributed by atoms with Crippen molar-refractivity contribution in [3.63, 3.8) is 0 Å². The van der Waals surface area contributed by atoms with Crippen LogP contribution in [-0.4, -0.2) is 38.4 Å². The summed E-state index contributed by atoms with van der Waals surface area (Å²) in [6.07, 6.45) is 4.08. The predicted octanol–water partition coefficient (Wildman–Crippen LogP) is 2.68. The largest absolute Gasteiger partial charge is 0.379 e. The van der Waals surface area contributed by atoms with E-state index in [1.807, 2.05) is 0 Å². The number of morpholine rings is 1. The standard InChI is InChI=1S/C17H24F2N2O.ClH/c18-13-4-5-15(19)12(10-13)6-7-20-16-3-1-2-14(16)17-11-22-9-8-21-17;/h4-5,10,14,16-17,20-21H,1-3,6-9,11H2;1H. The number of rotatable bonds is 5. The zero-order valence-electron chi connectivity index (χ0n) is 13.2. The van der Waals surface area contributed by atoms with Crippen molar-refractivity contribution in [2.45, 2.75) is 37.8 Å². The van der Waals surface area contributed by atoms with Gasteiger partial charge in [0.15, 0.2) is 0 Å². The van der Waals surface area contributed by atoms with E-state index >= 15 is 0 Å². The maximum absolute atomic E-state index is 13.6. The topological polar surface area (TPSA) is 33.3 Å². The smallest absolute Gasteiger partial charge is 0.126 e. The van der Waals surface area contributed by atoms with Crippen LogP contribution in [0, 0.1) is 17.6 Å². The lowest BCUT2D eigenvalue weighted by atomic mass is 9.94. The Morgan fingerprint density at radius 2 is 2.13 bits per heavy atom. The number of hydrogen-bond acceptors (Lipinski definition) is 3. The average molecular weight is 347 g/mol. The third-order valence-corrected chi connectivity index (χ3v) is 4.85. The Labute approximate surface area is 142 Å². The van der Waals surface area contributed by atoms with E-state index in [9.17, 15) is 8.78 Å². The number of nitrogens with one attached hydrogen (secondary N) is 2. The second-order valence-electron chi connectivity index (χ2n) is 6.28. The minimum Gasteiger partial charge on any atom is -0.379 e. The molecule has 0 bridgehead atoms. The SMILES string of the molecule is Cl.Fc1ccc(F)c(CCNC2CCCC2C2COCCN2)c1. The molecule has 0 aromatic heterocycles. The quantitative estimate of drug-likeness (QED) is 0.860. The molecule has 1 aromatic carbocycles. The predicted molar refractivity (Wildman–Crippen MR) is 89.1 cm³/mol. The highest BCUT2D eigenvalue weighted by atomic mass is 35.5. The number of ether oxygens (including phenoxy) is 1. The monoisotopic (exact) mass is 346 g/mol. The van der Waals surface area contributed by atoms with Crippen LogP contribution >= 0.6 is 12.4 Å². The Balaban J connectivity index is 0.00000192. The summed E-state index contributed by atoms with van der Waals surface area (Å²) in [5, 5.41) is 7.08. The molecule has 3 unspecified atom stereocenters. The van der Waals surface area contributed by atoms with Gasteiger partial charge in [-0.2, -0.15) is 0 Å². The van der Waals surface area contributed by atoms with Crippen molar-refractivity contribution in [2.24, 2.45) is 5.92 Å². The molecule has 3 nitrogen and oxygen atoms in total. The number of hydrogen-bond donors (Lipinski definition) is 2. The molecule has 0 amide bonds. The van der Waals surface area contributed by atoms with E-state index in [-0.39, 0.29) is 24.0 Å². The van der Waals surface area contributed by atoms with E-state index in [1.165, 1.54) is 25.0 Å². The minimum absolute atomic E-state index is 0. The first kappa shape index (κ1) is 18.6. The lowest BCUT2D eigenvalue weighted by Gasteiger charge is -2.33. The molecule has 2 aliphatic rings. The summed E-state index contributed by atoms with van der Waals surface area (Å²) < 4.78 is 32.4. The Kier molecular flexibility index (Phi) is 7.21. The van der Waals surface area contributed by atoms with Crippen LogP contribution in [0.3, 0.4) is 0 Å². The highest BCUT2D eigenvalue weighted by molar-refractivity contribution is 5.85. The molecule has 1 aliphatic carbocycles. The van der Waals surface area contributed by atoms with E-state index in [4.69, 9.17) is 4.74 Å². The Bertz CT molecular complexity index is 497. The van der Waals surface area contributed by atoms with Gasteiger partial charge in [-0.25, -0.2) is 8.78 Å². The van der Waals surface area contributed by atoms with E-state index in [2.05, 4.69) is 10.6 Å². The van der Waals surface area contributed by atoms with Crippen molar-refractivity contribution in [2.75, 3.05) is 26.3 Å². The Hall–Kier alpha value is -0.750. The molecule has 0 radical (unpaired) electrons. The molecule has 130 valence electrons. The van der Waals surface area contributed by atoms with Gasteiger partial charge in [0.05, 0.1) is 13.2 Å². The van der Waals surface area contributed by atoms with Crippen molar-refractivity contribution in [3.8, 4) is 0 Å². The molecule has 3 atom stereocenters. The highest BCUT2D eigenvalue weighted by Crippen LogP contribution is 2.29. The van der Waals surface area contributed by atoms with Crippen molar-refractivity contribution < 1.29 is 13.5 Å². The highest BCUT2D eigenvalue weighted by Gasteiger charge is 2.34. The van der Waals surface area contributed by atoms with Gasteiger partial charge >= 0.3 is 0 Å². The van der Waals surface area contributed by atoms with Gasteiger partial charge in [-0.05, 0) is 55.5 Å². The Morgan fingerprint density at radius 1 is 1.26 bits per heavy atom. The lowest BCUT2D eigenvalue weighted by Crippen LogP contribution is -2.51. The van der Waals surface area contributed by atoms with Crippen LogP contribution < -0.4 is 10.6 Å². The lowest BCUT2D eigenvalue weighted by molar-refractivity contribution is 0.0526. The average Bonchev–Trinajstić information content (AvgIpc) is 3.00. The molecular formula is C17H25ClF2N2O. The van der Waals surface area contributed by atoms with Crippen molar-refractivity contribution in [1.82, 2.24) is 10.6 Å². The van der Waals surface area contributed by atoms with Crippen molar-refractivity contribution in [3.05, 3.63) is 35.4 Å². The van der Waals surface area contributed by atoms with Crippen molar-refractivity contribution >= 4 is 12.4 Å². The van der Waals surface area contributed by atoms with E-state index in [0.717, 1.165) is 32.2 Å². The molecule has 1 aliphatic heterocycles. The van der Waals surface area contributed by atoms with Gasteiger partial charge in [0.1, 0.15) is 11.6 Å². The number of halogens is 3. The summed E-state index contributed by atoms with van der Waals surface area (Å²) in [5.74, 6) is -0.134. The molecule has 1 saturated heterocycles. The Morgan fingerprint density at radius 3 is 2.91 bits per heavy atom. The maximum atomic E-state index is 13.6. The second kappa shape index (κ2) is 8.92. The zero-order valence-corrected chi connectivity index (χ0v) is 14.0. The molecular weight excluding hydrogens is 322 g/mol. The first-order valence-electron chi connectivity index (χ1n) is 8.22. The van der Waals surface area contributed by atoms with Crippen LogP contribution in [0.5, 0.6) is 0 Å². The molecule has 1 heterocycles. The van der Waals surface area contributed by atoms with Crippen LogP contribution in [0.15, 0.2) is 18.2 Å². The van der Waals surface area contributed by atoms with Gasteiger partial charge in [-0.3, -0.25) is 0 Å². The van der Waals surface area contributed by atoms with Crippen molar-refractivity contribution in [1.29, 1.82) is 0 Å². The summed E-state index contributed by atoms with van der Waals surface area (Å²) in [7, 11) is 0. The van der Waals surface area contributed by atoms with Gasteiger partial charge in [0, 0.05) is 18.6 Å². The number of benzene rings is 1. The maximum Gasteiger partial charge on any atom is 0.126 e. The summed E-state index contributed by atoms with van der Waals surface area (Å²) in [4.78, 5) is 0. The molecule has 1 aromatic rings. The van der Waals surface area contributed by atoms with Gasteiger partial charge in [-0.1, -0.05) is 6.42 Å². The van der Waals surface area contributed by atoms with Gasteiger partial charge in [0.25, 0.3) is 0 Å². The van der Waals surface area contributed by atoms with Crippen LogP contribution in [0.1, 0.15) is 24.8 Å². The first-order chi connectivity index (χ1) is 10.7. The van der Waals surface area contributed by atoms with E-state index < -0.39 is 0 Å². The summed E-state index contributed by atoms with van der Waals surface area (Å²) >= 11 is 0. The third-order valence-electron chi connectivity index (χ3n) is 4.85. The fourth-order valence-corrected chi connectivity index (χ4v) is 3.71. The zero-order chi connectivity index (χ0) is 15.4. The minimum atomic E-state index is -0.376. The van der Waals surface area contributed by atoms with Crippen LogP contribution in [0.2, 0.25) is 0 Å². The molecule has 6 heteroatoms. The molecule has 1 saturated carbocycles. The molecule has 2 N–H and O–H groups in total. The molecule has 0 spiro atoms. The normalized spacial score (nSPS) is 27.7. The van der Waals surface area contributed by atoms with Crippen LogP contribution in [-0.2, 0) is 11.2 Å². The fraction of sp³-hybridized carbons (Fsp3) is 0.647. The van der Waals surface area contributed by atoms with Gasteiger partial charge in [-0.15, -0.1) is 12.4 Å². The summed E-state index contributed by atoms with van der Waals surface area (Å²) in [6, 6.07) is 4.51. The van der Waals surface area contributed by atoms with Gasteiger partial charge in [0.2, 0.25) is 0 Å². The molecule has 2 fully saturated rings. The first-order valence-corrected chi connectivity index (χ1v) is 8.22. The van der Waals surface area contributed by atoms with E-state index in [0.29, 0.717) is 36.5 Å². The molecule has 3 rings (SSSR count). The second-order valence-corrected chi connectivity index (χ2v) is 6.28. The third kappa shape index (κ3) is 4.86. The summed E-state index contributed by atoms with van der Waals surface area (Å²) in [6.45, 7) is 3.17. The fourth-order valence-electron chi connectivity index (χ4n) is 3.71. The van der Waals surface area contributed by atoms with Crippen LogP contribution in [0.4, 0.5) is 8.78 Å². The van der Waals surface area contributed by atoms with Crippen LogP contribution in [0.25, 0.3) is 0 Å². The van der Waals surface area contributed by atoms with E-state index in [1.54, 1.807) is 0 Å². The van der Waals surface area contributed by atoms with Gasteiger partial charge < -0.3 is 15.4 Å². The summed E-state index contributed by atoms with van der Waals surface area (Å²) in [5.41, 5.74) is 0.446. The molecule has 23 heavy (non-hydrogen) atoms.